The van der Waals surface area contributed by atoms with Gasteiger partial charge in [0.25, 0.3) is 0 Å². The Hall–Kier alpha value is -4.02. The largest absolute Gasteiger partial charge is 0.602 e. The Morgan fingerprint density at radius 3 is 1.94 bits per heavy atom. The SMILES string of the molecule is Cc1cccc2c[n+](C(Cc3ccccc3)C(O)(c3ccccc3)c3ccccc3)c(=O)oc12. The van der Waals surface area contributed by atoms with Crippen LogP contribution in [0.4, 0.5) is 0 Å². The first-order valence-corrected chi connectivity index (χ1v) is 11.4. The number of nitrogens with zero attached hydrogens (tertiary/aromatic N) is 1. The minimum absolute atomic E-state index is 0.424. The van der Waals surface area contributed by atoms with Crippen molar-refractivity contribution in [3.63, 3.8) is 0 Å². The summed E-state index contributed by atoms with van der Waals surface area (Å²) >= 11 is 0. The van der Waals surface area contributed by atoms with Crippen LogP contribution < -0.4 is 10.3 Å². The maximum atomic E-state index is 13.4. The van der Waals surface area contributed by atoms with Gasteiger partial charge in [-0.05, 0) is 35.2 Å². The van der Waals surface area contributed by atoms with E-state index in [0.29, 0.717) is 23.1 Å². The van der Waals surface area contributed by atoms with Crippen molar-refractivity contribution in [2.24, 2.45) is 0 Å². The van der Waals surface area contributed by atoms with Gasteiger partial charge in [-0.3, -0.25) is 0 Å². The fourth-order valence-electron chi connectivity index (χ4n) is 4.70. The highest BCUT2D eigenvalue weighted by Gasteiger charge is 2.48. The third-order valence-electron chi connectivity index (χ3n) is 6.44. The molecule has 0 aliphatic rings. The van der Waals surface area contributed by atoms with Crippen molar-refractivity contribution in [3.8, 4) is 0 Å². The quantitative estimate of drug-likeness (QED) is 0.367. The summed E-state index contributed by atoms with van der Waals surface area (Å²) in [5.41, 5.74) is 2.38. The molecule has 0 aliphatic carbocycles. The third kappa shape index (κ3) is 3.93. The van der Waals surface area contributed by atoms with Crippen LogP contribution in [0.1, 0.15) is 28.3 Å². The van der Waals surface area contributed by atoms with Crippen LogP contribution in [0.25, 0.3) is 11.0 Å². The van der Waals surface area contributed by atoms with Gasteiger partial charge in [0.1, 0.15) is 0 Å². The number of rotatable bonds is 6. The van der Waals surface area contributed by atoms with Crippen molar-refractivity contribution < 1.29 is 14.1 Å². The lowest BCUT2D eigenvalue weighted by Crippen LogP contribution is -2.61. The lowest BCUT2D eigenvalue weighted by atomic mass is 9.77. The highest BCUT2D eigenvalue weighted by molar-refractivity contribution is 5.77. The summed E-state index contributed by atoms with van der Waals surface area (Å²) in [4.78, 5) is 13.4. The molecule has 0 fully saturated rings. The van der Waals surface area contributed by atoms with Crippen LogP contribution in [0, 0.1) is 6.92 Å². The summed E-state index contributed by atoms with van der Waals surface area (Å²) in [6.45, 7) is 1.92. The predicted octanol–water partition coefficient (Wildman–Crippen LogP) is 5.11. The van der Waals surface area contributed by atoms with Crippen LogP contribution >= 0.6 is 0 Å². The molecule has 0 spiro atoms. The molecule has 1 aromatic heterocycles. The van der Waals surface area contributed by atoms with Gasteiger partial charge in [0, 0.05) is 6.42 Å². The zero-order valence-corrected chi connectivity index (χ0v) is 19.0. The van der Waals surface area contributed by atoms with E-state index in [0.717, 1.165) is 16.5 Å². The Bertz CT molecular complexity index is 1420. The zero-order valence-electron chi connectivity index (χ0n) is 19.0. The van der Waals surface area contributed by atoms with E-state index in [1.54, 1.807) is 10.8 Å². The molecule has 1 N–H and O–H groups in total. The number of benzene rings is 4. The second-order valence-electron chi connectivity index (χ2n) is 8.60. The summed E-state index contributed by atoms with van der Waals surface area (Å²) in [6.07, 6.45) is 2.23. The number of hydrogen-bond donors (Lipinski definition) is 1. The van der Waals surface area contributed by atoms with Crippen LogP contribution in [-0.2, 0) is 12.0 Å². The molecule has 0 saturated heterocycles. The van der Waals surface area contributed by atoms with Crippen LogP contribution in [0.3, 0.4) is 0 Å². The van der Waals surface area contributed by atoms with Crippen LogP contribution in [0.5, 0.6) is 0 Å². The average molecular weight is 449 g/mol. The van der Waals surface area contributed by atoms with Crippen LogP contribution in [0.15, 0.2) is 125 Å². The second kappa shape index (κ2) is 9.08. The Morgan fingerprint density at radius 1 is 0.794 bits per heavy atom. The topological polar surface area (TPSA) is 54.3 Å². The number of hydrogen-bond acceptors (Lipinski definition) is 3. The average Bonchev–Trinajstić information content (AvgIpc) is 2.89. The maximum Gasteiger partial charge on any atom is 0.602 e. The molecule has 4 aromatic carbocycles. The molecule has 4 nitrogen and oxygen atoms in total. The van der Waals surface area contributed by atoms with Gasteiger partial charge < -0.3 is 9.52 Å². The van der Waals surface area contributed by atoms with E-state index < -0.39 is 17.4 Å². The van der Waals surface area contributed by atoms with E-state index in [-0.39, 0.29) is 0 Å². The normalized spacial score (nSPS) is 12.5. The smallest absolute Gasteiger partial charge is 0.374 e. The molecule has 0 saturated carbocycles. The number of para-hydroxylation sites is 1. The molecule has 1 unspecified atom stereocenters. The molecule has 5 rings (SSSR count). The Morgan fingerprint density at radius 2 is 1.35 bits per heavy atom. The summed E-state index contributed by atoms with van der Waals surface area (Å²) in [5.74, 6) is -0.506. The standard InChI is InChI=1S/C30H26NO3/c1-22-12-11-15-24-21-31(29(32)34-28(22)24)27(20-23-13-5-2-6-14-23)30(33,25-16-7-3-8-17-25)26-18-9-4-10-19-26/h2-19,21,27,33H,20H2,1H3/q+1. The molecule has 1 heterocycles. The van der Waals surface area contributed by atoms with Crippen molar-refractivity contribution in [2.75, 3.05) is 0 Å². The minimum Gasteiger partial charge on any atom is -0.374 e. The first-order chi connectivity index (χ1) is 16.6. The van der Waals surface area contributed by atoms with E-state index in [1.165, 1.54) is 0 Å². The fourth-order valence-corrected chi connectivity index (χ4v) is 4.70. The van der Waals surface area contributed by atoms with Gasteiger partial charge in [-0.1, -0.05) is 103 Å². The van der Waals surface area contributed by atoms with E-state index in [1.807, 2.05) is 116 Å². The highest BCUT2D eigenvalue weighted by atomic mass is 16.4. The molecular formula is C30H26NO3+. The van der Waals surface area contributed by atoms with Crippen LogP contribution in [-0.4, -0.2) is 5.11 Å². The van der Waals surface area contributed by atoms with Gasteiger partial charge in [-0.2, -0.15) is 4.79 Å². The molecule has 1 atom stereocenters. The van der Waals surface area contributed by atoms with E-state index >= 15 is 0 Å². The molecule has 4 heteroatoms. The van der Waals surface area contributed by atoms with E-state index in [4.69, 9.17) is 4.42 Å². The summed E-state index contributed by atoms with van der Waals surface area (Å²) in [7, 11) is 0. The van der Waals surface area contributed by atoms with Gasteiger partial charge >= 0.3 is 5.76 Å². The molecule has 0 amide bonds. The molecule has 0 aliphatic heterocycles. The van der Waals surface area contributed by atoms with Crippen LogP contribution in [0.2, 0.25) is 0 Å². The van der Waals surface area contributed by atoms with Crippen molar-refractivity contribution in [1.82, 2.24) is 0 Å². The maximum absolute atomic E-state index is 13.4. The van der Waals surface area contributed by atoms with Crippen molar-refractivity contribution in [2.45, 2.75) is 25.0 Å². The lowest BCUT2D eigenvalue weighted by Gasteiger charge is -2.33. The van der Waals surface area contributed by atoms with Gasteiger partial charge in [0.2, 0.25) is 6.04 Å². The van der Waals surface area contributed by atoms with Gasteiger partial charge in [-0.15, -0.1) is 4.57 Å². The molecule has 168 valence electrons. The monoisotopic (exact) mass is 448 g/mol. The first-order valence-electron chi connectivity index (χ1n) is 11.4. The van der Waals surface area contributed by atoms with Gasteiger partial charge in [-0.25, -0.2) is 0 Å². The Labute approximate surface area is 198 Å². The number of fused-ring (bicyclic) bond motifs is 1. The van der Waals surface area contributed by atoms with Gasteiger partial charge in [0.05, 0.1) is 5.39 Å². The highest BCUT2D eigenvalue weighted by Crippen LogP contribution is 2.39. The summed E-state index contributed by atoms with van der Waals surface area (Å²) < 4.78 is 7.36. The number of aryl methyl sites for hydroxylation is 1. The summed E-state index contributed by atoms with van der Waals surface area (Å²) in [5, 5.41) is 13.4. The second-order valence-corrected chi connectivity index (χ2v) is 8.60. The van der Waals surface area contributed by atoms with Gasteiger partial charge in [0.15, 0.2) is 17.4 Å². The molecule has 0 bridgehead atoms. The van der Waals surface area contributed by atoms with Crippen molar-refractivity contribution in [3.05, 3.63) is 148 Å². The van der Waals surface area contributed by atoms with E-state index in [2.05, 4.69) is 0 Å². The first kappa shape index (κ1) is 21.8. The lowest BCUT2D eigenvalue weighted by molar-refractivity contribution is -0.758. The molecule has 34 heavy (non-hydrogen) atoms. The molecule has 0 radical (unpaired) electrons. The molecule has 5 aromatic rings. The zero-order chi connectivity index (χ0) is 23.5. The van der Waals surface area contributed by atoms with Crippen molar-refractivity contribution >= 4 is 11.0 Å². The minimum atomic E-state index is -1.49. The predicted molar refractivity (Wildman–Crippen MR) is 132 cm³/mol. The number of aliphatic hydroxyl groups is 1. The Kier molecular flexibility index (Phi) is 5.83. The third-order valence-corrected chi connectivity index (χ3v) is 6.44. The fraction of sp³-hybridized carbons (Fsp3) is 0.133. The van der Waals surface area contributed by atoms with Crippen molar-refractivity contribution in [1.29, 1.82) is 0 Å². The van der Waals surface area contributed by atoms with E-state index in [9.17, 15) is 9.90 Å². The summed E-state index contributed by atoms with van der Waals surface area (Å²) in [6, 6.07) is 34.1. The molecular weight excluding hydrogens is 422 g/mol. The Balaban J connectivity index is 1.80. The number of aromatic nitrogens is 1.